The summed E-state index contributed by atoms with van der Waals surface area (Å²) in [7, 11) is 2.39. The molecule has 2 aromatic carbocycles. The van der Waals surface area contributed by atoms with Gasteiger partial charge >= 0.3 is 0 Å². The molecule has 1 aliphatic rings. The lowest BCUT2D eigenvalue weighted by molar-refractivity contribution is -0.0134. The molecule has 0 N–H and O–H groups in total. The summed E-state index contributed by atoms with van der Waals surface area (Å²) in [6.45, 7) is 43.1. The number of benzene rings is 2. The molecule has 0 heterocycles. The van der Waals surface area contributed by atoms with Crippen LogP contribution in [0.15, 0.2) is 48.5 Å². The maximum absolute atomic E-state index is 2.62. The second-order valence-electron chi connectivity index (χ2n) is 22.1. The third-order valence-corrected chi connectivity index (χ3v) is 15.0. The minimum Gasteiger partial charge on any atom is -0.0672 e. The van der Waals surface area contributed by atoms with E-state index in [1.54, 1.807) is 16.7 Å². The van der Waals surface area contributed by atoms with E-state index in [1.807, 2.05) is 0 Å². The molecule has 0 saturated heterocycles. The van der Waals surface area contributed by atoms with E-state index >= 15 is 0 Å². The molecule has 0 spiro atoms. The predicted octanol–water partition coefficient (Wildman–Crippen LogP) is 13.9. The first kappa shape index (κ1) is 40.9. The molecule has 4 unspecified atom stereocenters. The molecule has 270 valence electrons. The fraction of sp³-hybridized carbons (Fsp3) is 0.745. The Hall–Kier alpha value is -1.50. The molecule has 0 saturated carbocycles. The van der Waals surface area contributed by atoms with Gasteiger partial charge in [0.1, 0.15) is 7.85 Å². The molecular formula is C47H79B. The fourth-order valence-corrected chi connectivity index (χ4v) is 8.94. The van der Waals surface area contributed by atoms with Crippen molar-refractivity contribution in [3.63, 3.8) is 0 Å². The first-order valence-corrected chi connectivity index (χ1v) is 19.8. The predicted molar refractivity (Wildman–Crippen MR) is 218 cm³/mol. The summed E-state index contributed by atoms with van der Waals surface area (Å²) in [5.74, 6) is 2.23. The van der Waals surface area contributed by atoms with Gasteiger partial charge < -0.3 is 0 Å². The van der Waals surface area contributed by atoms with Crippen LogP contribution in [0.5, 0.6) is 0 Å². The van der Waals surface area contributed by atoms with Gasteiger partial charge in [0.15, 0.2) is 0 Å². The molecular weight excluding hydrogens is 575 g/mol. The number of fused-ring (bicyclic) bond motifs is 1. The molecule has 1 heteroatoms. The Labute approximate surface area is 301 Å². The van der Waals surface area contributed by atoms with Crippen LogP contribution in [0.4, 0.5) is 0 Å². The summed E-state index contributed by atoms with van der Waals surface area (Å²) < 4.78 is 0. The number of rotatable bonds is 16. The van der Waals surface area contributed by atoms with Crippen molar-refractivity contribution in [3.05, 3.63) is 70.8 Å². The maximum Gasteiger partial charge on any atom is 0.108 e. The van der Waals surface area contributed by atoms with E-state index in [4.69, 9.17) is 0 Å². The largest absolute Gasteiger partial charge is 0.108 e. The lowest BCUT2D eigenvalue weighted by Crippen LogP contribution is -2.45. The van der Waals surface area contributed by atoms with E-state index in [-0.39, 0.29) is 32.5 Å². The van der Waals surface area contributed by atoms with Crippen LogP contribution in [0.3, 0.4) is 0 Å². The monoisotopic (exact) mass is 655 g/mol. The Kier molecular flexibility index (Phi) is 12.2. The van der Waals surface area contributed by atoms with E-state index in [0.717, 1.165) is 5.92 Å². The second-order valence-corrected chi connectivity index (χ2v) is 22.1. The van der Waals surface area contributed by atoms with Crippen LogP contribution in [-0.4, -0.2) is 7.85 Å². The molecule has 0 amide bonds. The maximum atomic E-state index is 2.62. The SMILES string of the molecule is BC(C)(C)CCC(C)CC(C)(C)C(C)C(C)(C)C(CC(C)(C)C(C)(C)C(CC(C)(C)C(C)(C)C)c1ccc2c(c1)CC2)c1ccccc1. The number of hydrogen-bond donors (Lipinski definition) is 0. The topological polar surface area (TPSA) is 0 Å². The summed E-state index contributed by atoms with van der Waals surface area (Å²) in [6.07, 6.45) is 8.77. The van der Waals surface area contributed by atoms with Crippen LogP contribution in [0.25, 0.3) is 0 Å². The molecule has 1 aliphatic carbocycles. The summed E-state index contributed by atoms with van der Waals surface area (Å²) >= 11 is 0. The summed E-state index contributed by atoms with van der Waals surface area (Å²) in [5.41, 5.74) is 7.22. The highest BCUT2D eigenvalue weighted by atomic mass is 14.6. The van der Waals surface area contributed by atoms with E-state index < -0.39 is 0 Å². The van der Waals surface area contributed by atoms with Crippen molar-refractivity contribution in [1.82, 2.24) is 0 Å². The minimum atomic E-state index is 0.0802. The van der Waals surface area contributed by atoms with Crippen molar-refractivity contribution >= 4 is 7.85 Å². The van der Waals surface area contributed by atoms with Gasteiger partial charge in [-0.3, -0.25) is 0 Å². The van der Waals surface area contributed by atoms with Crippen molar-refractivity contribution in [1.29, 1.82) is 0 Å². The Morgan fingerprint density at radius 3 is 1.62 bits per heavy atom. The molecule has 0 nitrogen and oxygen atoms in total. The van der Waals surface area contributed by atoms with Gasteiger partial charge in [0.2, 0.25) is 0 Å². The summed E-state index contributed by atoms with van der Waals surface area (Å²) in [6, 6.07) is 19.2. The fourth-order valence-electron chi connectivity index (χ4n) is 8.94. The van der Waals surface area contributed by atoms with Gasteiger partial charge in [0.25, 0.3) is 0 Å². The van der Waals surface area contributed by atoms with Crippen molar-refractivity contribution < 1.29 is 0 Å². The van der Waals surface area contributed by atoms with Crippen molar-refractivity contribution in [2.45, 2.75) is 180 Å². The quantitative estimate of drug-likeness (QED) is 0.158. The lowest BCUT2D eigenvalue weighted by Gasteiger charge is -2.55. The van der Waals surface area contributed by atoms with Gasteiger partial charge in [-0.05, 0) is 111 Å². The van der Waals surface area contributed by atoms with Gasteiger partial charge in [0, 0.05) is 0 Å². The number of hydrogen-bond acceptors (Lipinski definition) is 0. The Morgan fingerprint density at radius 2 is 1.15 bits per heavy atom. The highest BCUT2D eigenvalue weighted by molar-refractivity contribution is 6.14. The molecule has 0 aromatic heterocycles. The van der Waals surface area contributed by atoms with E-state index in [2.05, 4.69) is 174 Å². The molecule has 48 heavy (non-hydrogen) atoms. The Morgan fingerprint density at radius 1 is 0.604 bits per heavy atom. The second kappa shape index (κ2) is 14.3. The normalized spacial score (nSPS) is 17.7. The first-order valence-electron chi connectivity index (χ1n) is 19.8. The smallest absolute Gasteiger partial charge is 0.0672 e. The number of aryl methyl sites for hydroxylation is 2. The van der Waals surface area contributed by atoms with Crippen LogP contribution in [-0.2, 0) is 12.8 Å². The zero-order chi connectivity index (χ0) is 36.7. The van der Waals surface area contributed by atoms with Gasteiger partial charge in [-0.25, -0.2) is 0 Å². The van der Waals surface area contributed by atoms with Crippen LogP contribution < -0.4 is 0 Å². The van der Waals surface area contributed by atoms with Crippen molar-refractivity contribution in [3.8, 4) is 0 Å². The van der Waals surface area contributed by atoms with Gasteiger partial charge in [-0.2, -0.15) is 0 Å². The zero-order valence-corrected chi connectivity index (χ0v) is 35.4. The lowest BCUT2D eigenvalue weighted by atomic mass is 9.49. The van der Waals surface area contributed by atoms with Crippen LogP contribution >= 0.6 is 0 Å². The minimum absolute atomic E-state index is 0.0802. The van der Waals surface area contributed by atoms with E-state index in [0.29, 0.717) is 23.1 Å². The first-order chi connectivity index (χ1) is 21.6. The van der Waals surface area contributed by atoms with Crippen LogP contribution in [0.2, 0.25) is 5.31 Å². The van der Waals surface area contributed by atoms with E-state index in [9.17, 15) is 0 Å². The van der Waals surface area contributed by atoms with Gasteiger partial charge in [0.05, 0.1) is 0 Å². The van der Waals surface area contributed by atoms with Gasteiger partial charge in [-0.1, -0.05) is 184 Å². The van der Waals surface area contributed by atoms with Gasteiger partial charge in [-0.15, -0.1) is 0 Å². The van der Waals surface area contributed by atoms with Crippen molar-refractivity contribution in [2.75, 3.05) is 0 Å². The highest BCUT2D eigenvalue weighted by Gasteiger charge is 2.51. The average Bonchev–Trinajstić information content (AvgIpc) is 2.93. The third kappa shape index (κ3) is 9.23. The van der Waals surface area contributed by atoms with E-state index in [1.165, 1.54) is 50.5 Å². The molecule has 2 aromatic rings. The Bertz CT molecular complexity index is 1320. The molecule has 0 bridgehead atoms. The van der Waals surface area contributed by atoms with Crippen molar-refractivity contribution in [2.24, 2.45) is 44.3 Å². The third-order valence-electron chi connectivity index (χ3n) is 15.0. The van der Waals surface area contributed by atoms with Crippen LogP contribution in [0.1, 0.15) is 184 Å². The Balaban J connectivity index is 2.04. The average molecular weight is 655 g/mol. The van der Waals surface area contributed by atoms with Crippen LogP contribution in [0, 0.1) is 44.3 Å². The summed E-state index contributed by atoms with van der Waals surface area (Å²) in [5, 5.41) is 0.403. The molecule has 3 rings (SSSR count). The standard InChI is InChI=1S/C47H79B/c1-33(27-28-45(12,13)48)30-42(6,7)34(2)46(14,15)39(36-21-19-18-20-22-36)31-44(10,11)47(16,17)40(32-43(8,9)41(3,4)5)38-26-24-35-23-25-37(35)29-38/h18-22,24,26,29,33-34,39-40H,23,25,27-28,30-32,48H2,1-17H3. The molecule has 0 fully saturated rings. The molecule has 0 aliphatic heterocycles. The molecule has 0 radical (unpaired) electrons. The summed E-state index contributed by atoms with van der Waals surface area (Å²) in [4.78, 5) is 0. The highest BCUT2D eigenvalue weighted by Crippen LogP contribution is 2.61. The molecule has 4 atom stereocenters. The zero-order valence-electron chi connectivity index (χ0n) is 35.4.